The lowest BCUT2D eigenvalue weighted by Gasteiger charge is -2.29. The van der Waals surface area contributed by atoms with E-state index in [0.717, 1.165) is 34.3 Å². The van der Waals surface area contributed by atoms with E-state index in [0.29, 0.717) is 0 Å². The SMILES string of the molecule is CC(C(=O)N[C@H](C)c1ccccc1)N(c1ccc(F)c(F)c1)S(C)(=O)=O. The van der Waals surface area contributed by atoms with Crippen LogP contribution in [0.2, 0.25) is 0 Å². The first-order chi connectivity index (χ1) is 12.1. The molecule has 0 heterocycles. The van der Waals surface area contributed by atoms with Gasteiger partial charge in [0.05, 0.1) is 18.0 Å². The van der Waals surface area contributed by atoms with Crippen molar-refractivity contribution in [1.29, 1.82) is 0 Å². The van der Waals surface area contributed by atoms with Crippen LogP contribution in [0.25, 0.3) is 0 Å². The number of carbonyl (C=O) groups excluding carboxylic acids is 1. The molecule has 2 atom stereocenters. The van der Waals surface area contributed by atoms with E-state index in [2.05, 4.69) is 5.32 Å². The van der Waals surface area contributed by atoms with Crippen molar-refractivity contribution in [3.05, 3.63) is 65.7 Å². The fourth-order valence-corrected chi connectivity index (χ4v) is 3.76. The number of rotatable bonds is 6. The molecular weight excluding hydrogens is 362 g/mol. The minimum Gasteiger partial charge on any atom is -0.348 e. The highest BCUT2D eigenvalue weighted by atomic mass is 32.2. The van der Waals surface area contributed by atoms with E-state index in [4.69, 9.17) is 0 Å². The van der Waals surface area contributed by atoms with Gasteiger partial charge in [-0.25, -0.2) is 17.2 Å². The van der Waals surface area contributed by atoms with Crippen LogP contribution in [0, 0.1) is 11.6 Å². The van der Waals surface area contributed by atoms with E-state index in [1.807, 2.05) is 30.3 Å². The molecule has 2 aromatic carbocycles. The van der Waals surface area contributed by atoms with Crippen molar-refractivity contribution in [3.8, 4) is 0 Å². The maximum Gasteiger partial charge on any atom is 0.244 e. The van der Waals surface area contributed by atoms with Gasteiger partial charge in [-0.3, -0.25) is 9.10 Å². The molecule has 0 aliphatic carbocycles. The Morgan fingerprint density at radius 1 is 1.04 bits per heavy atom. The van der Waals surface area contributed by atoms with Gasteiger partial charge in [-0.05, 0) is 31.5 Å². The van der Waals surface area contributed by atoms with Crippen LogP contribution in [0.4, 0.5) is 14.5 Å². The molecule has 5 nitrogen and oxygen atoms in total. The molecule has 140 valence electrons. The van der Waals surface area contributed by atoms with Gasteiger partial charge in [0.2, 0.25) is 15.9 Å². The predicted octanol–water partition coefficient (Wildman–Crippen LogP) is 3.00. The van der Waals surface area contributed by atoms with Crippen LogP contribution < -0.4 is 9.62 Å². The monoisotopic (exact) mass is 382 g/mol. The van der Waals surface area contributed by atoms with E-state index >= 15 is 0 Å². The zero-order valence-corrected chi connectivity index (χ0v) is 15.4. The van der Waals surface area contributed by atoms with Gasteiger partial charge >= 0.3 is 0 Å². The van der Waals surface area contributed by atoms with Gasteiger partial charge in [-0.1, -0.05) is 30.3 Å². The average molecular weight is 382 g/mol. The number of nitrogens with one attached hydrogen (secondary N) is 1. The first kappa shape index (κ1) is 19.8. The third-order valence-electron chi connectivity index (χ3n) is 3.90. The van der Waals surface area contributed by atoms with Crippen molar-refractivity contribution >= 4 is 21.6 Å². The normalized spacial score (nSPS) is 13.7. The van der Waals surface area contributed by atoms with Crippen molar-refractivity contribution < 1.29 is 22.0 Å². The predicted molar refractivity (Wildman–Crippen MR) is 96.1 cm³/mol. The molecule has 0 saturated heterocycles. The van der Waals surface area contributed by atoms with Gasteiger partial charge in [-0.15, -0.1) is 0 Å². The number of sulfonamides is 1. The molecule has 1 amide bonds. The van der Waals surface area contributed by atoms with Crippen LogP contribution in [-0.2, 0) is 14.8 Å². The Bertz CT molecular complexity index is 889. The summed E-state index contributed by atoms with van der Waals surface area (Å²) in [6.07, 6.45) is 0.901. The lowest BCUT2D eigenvalue weighted by molar-refractivity contribution is -0.122. The van der Waals surface area contributed by atoms with Crippen LogP contribution in [0.3, 0.4) is 0 Å². The minimum atomic E-state index is -3.91. The molecule has 0 spiro atoms. The summed E-state index contributed by atoms with van der Waals surface area (Å²) in [6.45, 7) is 3.15. The molecule has 0 bridgehead atoms. The van der Waals surface area contributed by atoms with Crippen LogP contribution in [0.1, 0.15) is 25.5 Å². The van der Waals surface area contributed by atoms with E-state index in [9.17, 15) is 22.0 Å². The van der Waals surface area contributed by atoms with Crippen molar-refractivity contribution in [1.82, 2.24) is 5.32 Å². The number of nitrogens with zero attached hydrogens (tertiary/aromatic N) is 1. The summed E-state index contributed by atoms with van der Waals surface area (Å²) in [5.41, 5.74) is 0.730. The first-order valence-electron chi connectivity index (χ1n) is 7.91. The van der Waals surface area contributed by atoms with E-state index in [1.165, 1.54) is 6.92 Å². The van der Waals surface area contributed by atoms with E-state index in [1.54, 1.807) is 6.92 Å². The zero-order chi connectivity index (χ0) is 19.5. The molecule has 0 aliphatic heterocycles. The summed E-state index contributed by atoms with van der Waals surface area (Å²) in [7, 11) is -3.91. The Kier molecular flexibility index (Phi) is 5.97. The first-order valence-corrected chi connectivity index (χ1v) is 9.76. The molecule has 0 saturated carbocycles. The maximum atomic E-state index is 13.5. The third kappa shape index (κ3) is 4.57. The summed E-state index contributed by atoms with van der Waals surface area (Å²) in [5, 5.41) is 2.73. The molecule has 0 radical (unpaired) electrons. The van der Waals surface area contributed by atoms with Crippen molar-refractivity contribution in [2.75, 3.05) is 10.6 Å². The number of amides is 1. The Morgan fingerprint density at radius 3 is 2.19 bits per heavy atom. The maximum absolute atomic E-state index is 13.5. The highest BCUT2D eigenvalue weighted by Crippen LogP contribution is 2.23. The molecular formula is C18H20F2N2O3S. The summed E-state index contributed by atoms with van der Waals surface area (Å²) >= 11 is 0. The topological polar surface area (TPSA) is 66.5 Å². The van der Waals surface area contributed by atoms with Gasteiger partial charge in [0.15, 0.2) is 11.6 Å². The van der Waals surface area contributed by atoms with Gasteiger partial charge in [0.1, 0.15) is 6.04 Å². The van der Waals surface area contributed by atoms with Crippen molar-refractivity contribution in [3.63, 3.8) is 0 Å². The van der Waals surface area contributed by atoms with Crippen LogP contribution in [0.15, 0.2) is 48.5 Å². The second-order valence-corrected chi connectivity index (χ2v) is 7.83. The summed E-state index contributed by atoms with van der Waals surface area (Å²) in [4.78, 5) is 12.6. The molecule has 1 N–H and O–H groups in total. The Morgan fingerprint density at radius 2 is 1.65 bits per heavy atom. The standard InChI is InChI=1S/C18H20F2N2O3S/c1-12(14-7-5-4-6-8-14)21-18(23)13(2)22(26(3,24)25)15-9-10-16(19)17(20)11-15/h4-13H,1-3H3,(H,21,23)/t12-,13?/m1/s1. The summed E-state index contributed by atoms with van der Waals surface area (Å²) in [5.74, 6) is -2.85. The van der Waals surface area contributed by atoms with Gasteiger partial charge in [-0.2, -0.15) is 0 Å². The number of benzene rings is 2. The van der Waals surface area contributed by atoms with Crippen LogP contribution in [0.5, 0.6) is 0 Å². The third-order valence-corrected chi connectivity index (χ3v) is 5.15. The molecule has 0 aromatic heterocycles. The fourth-order valence-electron chi connectivity index (χ4n) is 2.59. The average Bonchev–Trinajstić information content (AvgIpc) is 2.57. The second-order valence-electron chi connectivity index (χ2n) is 5.97. The molecule has 2 rings (SSSR count). The van der Waals surface area contributed by atoms with Gasteiger partial charge in [0.25, 0.3) is 0 Å². The van der Waals surface area contributed by atoms with E-state index in [-0.39, 0.29) is 11.7 Å². The number of carbonyl (C=O) groups is 1. The molecule has 1 unspecified atom stereocenters. The van der Waals surface area contributed by atoms with Gasteiger partial charge in [0, 0.05) is 6.07 Å². The molecule has 0 fully saturated rings. The lowest BCUT2D eigenvalue weighted by Crippen LogP contribution is -2.48. The van der Waals surface area contributed by atoms with Crippen molar-refractivity contribution in [2.45, 2.75) is 25.9 Å². The number of anilines is 1. The Balaban J connectivity index is 2.27. The van der Waals surface area contributed by atoms with E-state index < -0.39 is 33.6 Å². The highest BCUT2D eigenvalue weighted by molar-refractivity contribution is 7.92. The van der Waals surface area contributed by atoms with Crippen LogP contribution >= 0.6 is 0 Å². The second kappa shape index (κ2) is 7.82. The van der Waals surface area contributed by atoms with Crippen LogP contribution in [-0.4, -0.2) is 26.6 Å². The largest absolute Gasteiger partial charge is 0.348 e. The number of hydrogen-bond donors (Lipinski definition) is 1. The fraction of sp³-hybridized carbons (Fsp3) is 0.278. The smallest absolute Gasteiger partial charge is 0.244 e. The zero-order valence-electron chi connectivity index (χ0n) is 14.6. The lowest BCUT2D eigenvalue weighted by atomic mass is 10.1. The molecule has 26 heavy (non-hydrogen) atoms. The quantitative estimate of drug-likeness (QED) is 0.835. The minimum absolute atomic E-state index is 0.124. The van der Waals surface area contributed by atoms with Gasteiger partial charge < -0.3 is 5.32 Å². The summed E-state index contributed by atoms with van der Waals surface area (Å²) in [6, 6.07) is 10.3. The molecule has 8 heteroatoms. The summed E-state index contributed by atoms with van der Waals surface area (Å²) < 4.78 is 51.8. The Labute approximate surface area is 151 Å². The highest BCUT2D eigenvalue weighted by Gasteiger charge is 2.30. The molecule has 0 aliphatic rings. The number of halogens is 2. The number of hydrogen-bond acceptors (Lipinski definition) is 3. The van der Waals surface area contributed by atoms with Crippen molar-refractivity contribution in [2.24, 2.45) is 0 Å². The molecule has 2 aromatic rings. The Hall–Kier alpha value is -2.48.